The molecule has 2 heteroatoms. The van der Waals surface area contributed by atoms with Crippen molar-refractivity contribution in [3.63, 3.8) is 0 Å². The van der Waals surface area contributed by atoms with Crippen molar-refractivity contribution in [3.05, 3.63) is 23.8 Å². The smallest absolute Gasteiger partial charge is 0.0578 e. The number of rotatable bonds is 2. The second kappa shape index (κ2) is 2.70. The summed E-state index contributed by atoms with van der Waals surface area (Å²) in [5.74, 6) is 0. The maximum atomic E-state index is 5.80. The lowest BCUT2D eigenvalue weighted by Gasteiger charge is -2.08. The second-order valence-corrected chi connectivity index (χ2v) is 3.51. The van der Waals surface area contributed by atoms with Gasteiger partial charge in [-0.05, 0) is 37.5 Å². The van der Waals surface area contributed by atoms with Crippen LogP contribution in [0, 0.1) is 6.92 Å². The van der Waals surface area contributed by atoms with E-state index in [4.69, 9.17) is 5.73 Å². The van der Waals surface area contributed by atoms with Gasteiger partial charge in [-0.15, -0.1) is 0 Å². The van der Waals surface area contributed by atoms with Crippen LogP contribution >= 0.6 is 0 Å². The molecule has 12 heavy (non-hydrogen) atoms. The quantitative estimate of drug-likeness (QED) is 0.654. The Balaban J connectivity index is 2.21. The van der Waals surface area contributed by atoms with E-state index >= 15 is 0 Å². The number of nitrogens with two attached hydrogens (primary N) is 1. The van der Waals surface area contributed by atoms with Crippen molar-refractivity contribution in [1.82, 2.24) is 0 Å². The summed E-state index contributed by atoms with van der Waals surface area (Å²) in [7, 11) is 0. The standard InChI is InChI=1S/C10H14N2/c1-7-2-5-9(11)10(6-7)12-8-3-4-8/h2,5-6,8,12H,3-4,11H2,1H3. The van der Waals surface area contributed by atoms with Crippen LogP contribution in [-0.2, 0) is 0 Å². The van der Waals surface area contributed by atoms with E-state index in [9.17, 15) is 0 Å². The first kappa shape index (κ1) is 7.47. The van der Waals surface area contributed by atoms with Crippen LogP contribution in [0.2, 0.25) is 0 Å². The molecule has 0 aromatic heterocycles. The third-order valence-electron chi connectivity index (χ3n) is 2.15. The first-order valence-electron chi connectivity index (χ1n) is 4.38. The molecule has 1 aliphatic rings. The molecule has 1 aliphatic carbocycles. The molecule has 2 rings (SSSR count). The van der Waals surface area contributed by atoms with Crippen molar-refractivity contribution in [2.45, 2.75) is 25.8 Å². The summed E-state index contributed by atoms with van der Waals surface area (Å²) in [4.78, 5) is 0. The highest BCUT2D eigenvalue weighted by molar-refractivity contribution is 5.67. The average Bonchev–Trinajstić information content (AvgIpc) is 2.81. The maximum Gasteiger partial charge on any atom is 0.0578 e. The van der Waals surface area contributed by atoms with Crippen LogP contribution in [0.4, 0.5) is 11.4 Å². The summed E-state index contributed by atoms with van der Waals surface area (Å²) in [6.45, 7) is 2.08. The van der Waals surface area contributed by atoms with Gasteiger partial charge in [0, 0.05) is 6.04 Å². The lowest BCUT2D eigenvalue weighted by atomic mass is 10.2. The molecule has 0 bridgehead atoms. The monoisotopic (exact) mass is 162 g/mol. The van der Waals surface area contributed by atoms with Crippen LogP contribution < -0.4 is 11.1 Å². The van der Waals surface area contributed by atoms with Crippen molar-refractivity contribution in [3.8, 4) is 0 Å². The molecule has 0 heterocycles. The molecule has 0 saturated heterocycles. The highest BCUT2D eigenvalue weighted by Gasteiger charge is 2.21. The first-order valence-corrected chi connectivity index (χ1v) is 4.38. The van der Waals surface area contributed by atoms with E-state index in [1.165, 1.54) is 18.4 Å². The van der Waals surface area contributed by atoms with E-state index in [1.54, 1.807) is 0 Å². The van der Waals surface area contributed by atoms with Crippen LogP contribution in [0.3, 0.4) is 0 Å². The third kappa shape index (κ3) is 1.52. The molecular weight excluding hydrogens is 148 g/mol. The zero-order valence-corrected chi connectivity index (χ0v) is 7.30. The van der Waals surface area contributed by atoms with Crippen molar-refractivity contribution in [2.24, 2.45) is 0 Å². The minimum absolute atomic E-state index is 0.675. The molecule has 1 aromatic carbocycles. The Kier molecular flexibility index (Phi) is 1.68. The maximum absolute atomic E-state index is 5.80. The zero-order chi connectivity index (χ0) is 8.55. The van der Waals surface area contributed by atoms with Gasteiger partial charge in [-0.1, -0.05) is 6.07 Å². The molecule has 0 aliphatic heterocycles. The Bertz CT molecular complexity index is 290. The van der Waals surface area contributed by atoms with Gasteiger partial charge in [-0.2, -0.15) is 0 Å². The summed E-state index contributed by atoms with van der Waals surface area (Å²) < 4.78 is 0. The fourth-order valence-corrected chi connectivity index (χ4v) is 1.24. The molecule has 3 N–H and O–H groups in total. The van der Waals surface area contributed by atoms with Gasteiger partial charge in [0.25, 0.3) is 0 Å². The van der Waals surface area contributed by atoms with E-state index in [1.807, 2.05) is 12.1 Å². The fourth-order valence-electron chi connectivity index (χ4n) is 1.24. The topological polar surface area (TPSA) is 38.0 Å². The molecule has 1 fully saturated rings. The minimum atomic E-state index is 0.675. The van der Waals surface area contributed by atoms with Crippen molar-refractivity contribution < 1.29 is 0 Å². The second-order valence-electron chi connectivity index (χ2n) is 3.51. The van der Waals surface area contributed by atoms with Gasteiger partial charge >= 0.3 is 0 Å². The van der Waals surface area contributed by atoms with Gasteiger partial charge in [-0.3, -0.25) is 0 Å². The van der Waals surface area contributed by atoms with Gasteiger partial charge in [0.05, 0.1) is 11.4 Å². The van der Waals surface area contributed by atoms with Gasteiger partial charge < -0.3 is 11.1 Å². The van der Waals surface area contributed by atoms with E-state index in [0.717, 1.165) is 11.4 Å². The number of benzene rings is 1. The molecule has 0 atom stereocenters. The van der Waals surface area contributed by atoms with Crippen molar-refractivity contribution in [2.75, 3.05) is 11.1 Å². The lowest BCUT2D eigenvalue weighted by molar-refractivity contribution is 1.15. The largest absolute Gasteiger partial charge is 0.397 e. The Morgan fingerprint density at radius 1 is 1.42 bits per heavy atom. The van der Waals surface area contributed by atoms with Gasteiger partial charge in [0.1, 0.15) is 0 Å². The van der Waals surface area contributed by atoms with Crippen LogP contribution in [0.5, 0.6) is 0 Å². The molecule has 0 spiro atoms. The molecule has 1 aromatic rings. The molecule has 1 saturated carbocycles. The molecule has 0 radical (unpaired) electrons. The zero-order valence-electron chi connectivity index (χ0n) is 7.30. The Morgan fingerprint density at radius 2 is 2.17 bits per heavy atom. The summed E-state index contributed by atoms with van der Waals surface area (Å²) in [5.41, 5.74) is 9.01. The molecular formula is C10H14N2. The van der Waals surface area contributed by atoms with E-state index in [0.29, 0.717) is 6.04 Å². The SMILES string of the molecule is Cc1ccc(N)c(NC2CC2)c1. The number of nitrogens with one attached hydrogen (secondary N) is 1. The van der Waals surface area contributed by atoms with Crippen molar-refractivity contribution in [1.29, 1.82) is 0 Å². The number of hydrogen-bond acceptors (Lipinski definition) is 2. The highest BCUT2D eigenvalue weighted by atomic mass is 15.0. The predicted molar refractivity (Wildman–Crippen MR) is 52.2 cm³/mol. The normalized spacial score (nSPS) is 16.1. The number of hydrogen-bond donors (Lipinski definition) is 2. The predicted octanol–water partition coefficient (Wildman–Crippen LogP) is 2.15. The molecule has 64 valence electrons. The summed E-state index contributed by atoms with van der Waals surface area (Å²) in [6.07, 6.45) is 2.57. The molecule has 0 unspecified atom stereocenters. The average molecular weight is 162 g/mol. The Labute approximate surface area is 72.8 Å². The van der Waals surface area contributed by atoms with Crippen LogP contribution in [0.1, 0.15) is 18.4 Å². The summed E-state index contributed by atoms with van der Waals surface area (Å²) >= 11 is 0. The molecule has 2 nitrogen and oxygen atoms in total. The highest BCUT2D eigenvalue weighted by Crippen LogP contribution is 2.28. The third-order valence-corrected chi connectivity index (χ3v) is 2.15. The summed E-state index contributed by atoms with van der Waals surface area (Å²) in [6, 6.07) is 6.77. The van der Waals surface area contributed by atoms with Gasteiger partial charge in [0.15, 0.2) is 0 Å². The Morgan fingerprint density at radius 3 is 2.83 bits per heavy atom. The summed E-state index contributed by atoms with van der Waals surface area (Å²) in [5, 5.41) is 3.40. The van der Waals surface area contributed by atoms with E-state index in [-0.39, 0.29) is 0 Å². The van der Waals surface area contributed by atoms with Crippen LogP contribution in [0.25, 0.3) is 0 Å². The van der Waals surface area contributed by atoms with E-state index < -0.39 is 0 Å². The first-order chi connectivity index (χ1) is 5.75. The number of nitrogen functional groups attached to an aromatic ring is 1. The lowest BCUT2D eigenvalue weighted by Crippen LogP contribution is -2.03. The van der Waals surface area contributed by atoms with Gasteiger partial charge in [-0.25, -0.2) is 0 Å². The minimum Gasteiger partial charge on any atom is -0.397 e. The van der Waals surface area contributed by atoms with Crippen LogP contribution in [-0.4, -0.2) is 6.04 Å². The number of aryl methyl sites for hydroxylation is 1. The van der Waals surface area contributed by atoms with Crippen LogP contribution in [0.15, 0.2) is 18.2 Å². The van der Waals surface area contributed by atoms with Crippen molar-refractivity contribution >= 4 is 11.4 Å². The fraction of sp³-hybridized carbons (Fsp3) is 0.400. The number of anilines is 2. The van der Waals surface area contributed by atoms with Gasteiger partial charge in [0.2, 0.25) is 0 Å². The molecule has 0 amide bonds. The Hall–Kier alpha value is -1.18. The van der Waals surface area contributed by atoms with E-state index in [2.05, 4.69) is 18.3 Å².